The maximum absolute atomic E-state index is 5.69. The minimum atomic E-state index is 0.293. The zero-order valence-corrected chi connectivity index (χ0v) is 13.9. The molecule has 0 spiro atoms. The molecule has 1 N–H and O–H groups in total. The van der Waals surface area contributed by atoms with Crippen LogP contribution in [0.1, 0.15) is 18.5 Å². The van der Waals surface area contributed by atoms with Gasteiger partial charge in [-0.15, -0.1) is 0 Å². The summed E-state index contributed by atoms with van der Waals surface area (Å²) in [5, 5.41) is 3.45. The zero-order valence-electron chi connectivity index (χ0n) is 12.3. The van der Waals surface area contributed by atoms with Crippen molar-refractivity contribution < 1.29 is 9.47 Å². The molecule has 0 unspecified atom stereocenters. The summed E-state index contributed by atoms with van der Waals surface area (Å²) in [6.45, 7) is 3.57. The number of rotatable bonds is 7. The Balaban J connectivity index is 1.73. The average molecular weight is 350 g/mol. The third-order valence-electron chi connectivity index (χ3n) is 3.23. The fourth-order valence-electron chi connectivity index (χ4n) is 2.01. The van der Waals surface area contributed by atoms with Crippen LogP contribution in [0, 0.1) is 0 Å². The van der Waals surface area contributed by atoms with E-state index >= 15 is 0 Å². The summed E-state index contributed by atoms with van der Waals surface area (Å²) in [6.07, 6.45) is 0. The van der Waals surface area contributed by atoms with Gasteiger partial charge < -0.3 is 14.8 Å². The number of hydrogen-bond donors (Lipinski definition) is 1. The fourth-order valence-corrected chi connectivity index (χ4v) is 2.43. The smallest absolute Gasteiger partial charge is 0.119 e. The quantitative estimate of drug-likeness (QED) is 0.760. The summed E-state index contributed by atoms with van der Waals surface area (Å²) in [7, 11) is 1.66. The summed E-state index contributed by atoms with van der Waals surface area (Å²) >= 11 is 3.49. The largest absolute Gasteiger partial charge is 0.497 e. The highest BCUT2D eigenvalue weighted by molar-refractivity contribution is 9.10. The van der Waals surface area contributed by atoms with Gasteiger partial charge in [-0.25, -0.2) is 0 Å². The molecule has 0 heterocycles. The summed E-state index contributed by atoms with van der Waals surface area (Å²) in [5.74, 6) is 1.69. The van der Waals surface area contributed by atoms with E-state index in [0.29, 0.717) is 12.6 Å². The van der Waals surface area contributed by atoms with Crippen molar-refractivity contribution in [3.8, 4) is 11.5 Å². The van der Waals surface area contributed by atoms with Crippen LogP contribution < -0.4 is 14.8 Å². The minimum Gasteiger partial charge on any atom is -0.497 e. The number of hydrogen-bond acceptors (Lipinski definition) is 3. The normalized spacial score (nSPS) is 12.0. The van der Waals surface area contributed by atoms with Crippen molar-refractivity contribution in [1.29, 1.82) is 0 Å². The first-order chi connectivity index (χ1) is 10.2. The summed E-state index contributed by atoms with van der Waals surface area (Å²) in [6, 6.07) is 16.2. The molecular weight excluding hydrogens is 330 g/mol. The van der Waals surface area contributed by atoms with E-state index in [2.05, 4.69) is 40.3 Å². The molecule has 0 aromatic heterocycles. The van der Waals surface area contributed by atoms with E-state index < -0.39 is 0 Å². The van der Waals surface area contributed by atoms with Crippen molar-refractivity contribution in [3.63, 3.8) is 0 Å². The molecule has 0 saturated carbocycles. The van der Waals surface area contributed by atoms with Crippen LogP contribution in [0.5, 0.6) is 11.5 Å². The lowest BCUT2D eigenvalue weighted by molar-refractivity contribution is 0.307. The highest BCUT2D eigenvalue weighted by Crippen LogP contribution is 2.18. The van der Waals surface area contributed by atoms with Gasteiger partial charge in [0.05, 0.1) is 7.11 Å². The maximum atomic E-state index is 5.69. The molecule has 2 aromatic carbocycles. The molecule has 0 aliphatic carbocycles. The third kappa shape index (κ3) is 5.06. The van der Waals surface area contributed by atoms with Crippen molar-refractivity contribution in [2.45, 2.75) is 13.0 Å². The van der Waals surface area contributed by atoms with Crippen molar-refractivity contribution in [1.82, 2.24) is 5.32 Å². The van der Waals surface area contributed by atoms with Gasteiger partial charge in [0.2, 0.25) is 0 Å². The Labute approximate surface area is 134 Å². The molecular formula is C17H20BrNO2. The molecule has 0 saturated heterocycles. The molecule has 2 rings (SSSR count). The first-order valence-electron chi connectivity index (χ1n) is 6.95. The van der Waals surface area contributed by atoms with Gasteiger partial charge in [-0.2, -0.15) is 0 Å². The van der Waals surface area contributed by atoms with Crippen LogP contribution in [0.25, 0.3) is 0 Å². The predicted octanol–water partition coefficient (Wildman–Crippen LogP) is 4.19. The first kappa shape index (κ1) is 15.9. The van der Waals surface area contributed by atoms with Gasteiger partial charge >= 0.3 is 0 Å². The van der Waals surface area contributed by atoms with Crippen LogP contribution in [-0.4, -0.2) is 20.3 Å². The first-order valence-corrected chi connectivity index (χ1v) is 7.74. The van der Waals surface area contributed by atoms with Crippen LogP contribution in [0.4, 0.5) is 0 Å². The molecule has 4 heteroatoms. The molecule has 0 aliphatic heterocycles. The van der Waals surface area contributed by atoms with Crippen LogP contribution in [0.3, 0.4) is 0 Å². The van der Waals surface area contributed by atoms with E-state index in [0.717, 1.165) is 22.5 Å². The minimum absolute atomic E-state index is 0.293. The molecule has 0 aliphatic rings. The molecule has 3 nitrogen and oxygen atoms in total. The predicted molar refractivity (Wildman–Crippen MR) is 89.0 cm³/mol. The Hall–Kier alpha value is -1.52. The fraction of sp³-hybridized carbons (Fsp3) is 0.294. The van der Waals surface area contributed by atoms with Crippen molar-refractivity contribution in [2.24, 2.45) is 0 Å². The molecule has 0 amide bonds. The standard InChI is InChI=1S/C17H20BrNO2/c1-13(14-4-3-5-15(18)12-14)19-10-11-21-17-8-6-16(20-2)7-9-17/h3-9,12-13,19H,10-11H2,1-2H3/t13-/m1/s1. The van der Waals surface area contributed by atoms with Crippen LogP contribution in [-0.2, 0) is 0 Å². The van der Waals surface area contributed by atoms with Crippen LogP contribution >= 0.6 is 15.9 Å². The van der Waals surface area contributed by atoms with Crippen molar-refractivity contribution in [2.75, 3.05) is 20.3 Å². The lowest BCUT2D eigenvalue weighted by atomic mass is 10.1. The topological polar surface area (TPSA) is 30.5 Å². The summed E-state index contributed by atoms with van der Waals surface area (Å²) < 4.78 is 11.9. The maximum Gasteiger partial charge on any atom is 0.119 e. The van der Waals surface area contributed by atoms with Gasteiger partial charge in [-0.1, -0.05) is 28.1 Å². The Morgan fingerprint density at radius 2 is 1.81 bits per heavy atom. The molecule has 1 atom stereocenters. The second-order valence-electron chi connectivity index (χ2n) is 4.75. The van der Waals surface area contributed by atoms with E-state index in [1.807, 2.05) is 36.4 Å². The number of benzene rings is 2. The molecule has 112 valence electrons. The molecule has 2 aromatic rings. The number of ether oxygens (including phenoxy) is 2. The average Bonchev–Trinajstić information content (AvgIpc) is 2.52. The van der Waals surface area contributed by atoms with Crippen LogP contribution in [0.2, 0.25) is 0 Å². The van der Waals surface area contributed by atoms with Crippen LogP contribution in [0.15, 0.2) is 53.0 Å². The summed E-state index contributed by atoms with van der Waals surface area (Å²) in [5.41, 5.74) is 1.26. The van der Waals surface area contributed by atoms with E-state index in [-0.39, 0.29) is 0 Å². The highest BCUT2D eigenvalue weighted by atomic mass is 79.9. The molecule has 0 fully saturated rings. The third-order valence-corrected chi connectivity index (χ3v) is 3.72. The lowest BCUT2D eigenvalue weighted by Crippen LogP contribution is -2.24. The van der Waals surface area contributed by atoms with Gasteiger partial charge in [0.1, 0.15) is 18.1 Å². The zero-order chi connectivity index (χ0) is 15.1. The van der Waals surface area contributed by atoms with E-state index in [1.165, 1.54) is 5.56 Å². The number of nitrogens with one attached hydrogen (secondary N) is 1. The van der Waals surface area contributed by atoms with Crippen molar-refractivity contribution >= 4 is 15.9 Å². The van der Waals surface area contributed by atoms with Gasteiger partial charge in [-0.05, 0) is 48.9 Å². The number of methoxy groups -OCH3 is 1. The molecule has 0 bridgehead atoms. The number of halogens is 1. The molecule has 0 radical (unpaired) electrons. The second kappa shape index (κ2) is 8.05. The Morgan fingerprint density at radius 3 is 2.48 bits per heavy atom. The van der Waals surface area contributed by atoms with Gasteiger partial charge in [-0.3, -0.25) is 0 Å². The van der Waals surface area contributed by atoms with Gasteiger partial charge in [0.15, 0.2) is 0 Å². The Bertz CT molecular complexity index is 557. The van der Waals surface area contributed by atoms with Crippen molar-refractivity contribution in [3.05, 3.63) is 58.6 Å². The Morgan fingerprint density at radius 1 is 1.10 bits per heavy atom. The van der Waals surface area contributed by atoms with E-state index in [4.69, 9.17) is 9.47 Å². The van der Waals surface area contributed by atoms with E-state index in [1.54, 1.807) is 7.11 Å². The Kier molecular flexibility index (Phi) is 6.08. The second-order valence-corrected chi connectivity index (χ2v) is 5.67. The highest BCUT2D eigenvalue weighted by Gasteiger charge is 2.04. The SMILES string of the molecule is COc1ccc(OCCN[C@H](C)c2cccc(Br)c2)cc1. The lowest BCUT2D eigenvalue weighted by Gasteiger charge is -2.15. The molecule has 21 heavy (non-hydrogen) atoms. The van der Waals surface area contributed by atoms with Gasteiger partial charge in [0.25, 0.3) is 0 Å². The van der Waals surface area contributed by atoms with Gasteiger partial charge in [0, 0.05) is 17.1 Å². The monoisotopic (exact) mass is 349 g/mol. The van der Waals surface area contributed by atoms with E-state index in [9.17, 15) is 0 Å². The summed E-state index contributed by atoms with van der Waals surface area (Å²) in [4.78, 5) is 0.